The third kappa shape index (κ3) is 5.16. The monoisotopic (exact) mass is 320 g/mol. The highest BCUT2D eigenvalue weighted by Crippen LogP contribution is 2.14. The number of allylic oxidation sites excluding steroid dienone is 1. The number of aromatic nitrogens is 2. The van der Waals surface area contributed by atoms with Crippen LogP contribution in [0, 0.1) is 3.70 Å². The number of hydrogen-bond donors (Lipinski definition) is 0. The first-order valence-corrected chi connectivity index (χ1v) is 6.26. The molecule has 15 heavy (non-hydrogen) atoms. The van der Waals surface area contributed by atoms with Crippen molar-refractivity contribution in [3.8, 4) is 0 Å². The quantitative estimate of drug-likeness (QED) is 0.724. The first-order chi connectivity index (χ1) is 7.16. The van der Waals surface area contributed by atoms with Gasteiger partial charge < -0.3 is 0 Å². The fourth-order valence-electron chi connectivity index (χ4n) is 0.829. The van der Waals surface area contributed by atoms with Gasteiger partial charge in [-0.1, -0.05) is 40.9 Å². The molecule has 0 unspecified atom stereocenters. The van der Waals surface area contributed by atoms with Crippen LogP contribution in [0.1, 0.15) is 40.4 Å². The first-order valence-electron chi connectivity index (χ1n) is 5.18. The van der Waals surface area contributed by atoms with E-state index in [9.17, 15) is 0 Å². The summed E-state index contributed by atoms with van der Waals surface area (Å²) < 4.78 is 2.96. The maximum absolute atomic E-state index is 4.17. The molecule has 3 heteroatoms. The van der Waals surface area contributed by atoms with Crippen LogP contribution in [0.25, 0.3) is 11.8 Å². The van der Waals surface area contributed by atoms with E-state index in [0.29, 0.717) is 0 Å². The fourth-order valence-corrected chi connectivity index (χ4v) is 1.39. The van der Waals surface area contributed by atoms with Gasteiger partial charge in [0.05, 0.1) is 6.20 Å². The lowest BCUT2D eigenvalue weighted by atomic mass is 10.3. The maximum atomic E-state index is 4.17. The highest BCUT2D eigenvalue weighted by molar-refractivity contribution is 14.1. The summed E-state index contributed by atoms with van der Waals surface area (Å²) in [6.45, 7) is 17.4. The molecule has 0 N–H and O–H groups in total. The van der Waals surface area contributed by atoms with E-state index in [1.807, 2.05) is 39.2 Å². The third-order valence-corrected chi connectivity index (χ3v) is 2.11. The van der Waals surface area contributed by atoms with Crippen LogP contribution in [0.15, 0.2) is 19.4 Å². The van der Waals surface area contributed by atoms with Gasteiger partial charge in [0, 0.05) is 6.20 Å². The van der Waals surface area contributed by atoms with Gasteiger partial charge in [-0.2, -0.15) is 0 Å². The van der Waals surface area contributed by atoms with Crippen LogP contribution in [-0.2, 0) is 0 Å². The molecule has 86 valence electrons. The molecular weight excluding hydrogens is 299 g/mol. The summed E-state index contributed by atoms with van der Waals surface area (Å²) in [7, 11) is 0. The molecule has 1 aromatic rings. The average molecular weight is 320 g/mol. The Balaban J connectivity index is 0. The van der Waals surface area contributed by atoms with Crippen molar-refractivity contribution in [2.75, 3.05) is 0 Å². The van der Waals surface area contributed by atoms with Gasteiger partial charge in [0.25, 0.3) is 0 Å². The Morgan fingerprint density at radius 2 is 1.87 bits per heavy atom. The van der Waals surface area contributed by atoms with E-state index in [2.05, 4.69) is 40.7 Å². The van der Waals surface area contributed by atoms with Gasteiger partial charge >= 0.3 is 0 Å². The molecule has 0 amide bonds. The van der Waals surface area contributed by atoms with E-state index in [1.165, 1.54) is 0 Å². The Hall–Kier alpha value is -0.580. The lowest BCUT2D eigenvalue weighted by molar-refractivity contribution is 1.07. The molecule has 2 nitrogen and oxygen atoms in total. The Morgan fingerprint density at radius 3 is 2.13 bits per heavy atom. The Labute approximate surface area is 107 Å². The van der Waals surface area contributed by atoms with Crippen LogP contribution in [0.5, 0.6) is 0 Å². The highest BCUT2D eigenvalue weighted by Gasteiger charge is 2.03. The lowest BCUT2D eigenvalue weighted by Crippen LogP contribution is -1.94. The van der Waals surface area contributed by atoms with Gasteiger partial charge in [-0.3, -0.25) is 4.57 Å². The molecule has 0 saturated heterocycles. The average Bonchev–Trinajstić information content (AvgIpc) is 2.65. The number of halogens is 1. The minimum Gasteiger partial charge on any atom is -0.295 e. The summed E-state index contributed by atoms with van der Waals surface area (Å²) in [6, 6.07) is 0. The number of rotatable bonds is 2. The number of hydrogen-bond acceptors (Lipinski definition) is 1. The molecule has 0 aliphatic heterocycles. The standard InChI is InChI=1S/C8H9IN2.2C2H6/c1-4-11-7(9)5-10-8(11)6(2)3;2*1-2/h4-5H,1-2H2,3H3;2*1-2H3. The SMILES string of the molecule is C=Cn1c(I)cnc1C(=C)C.CC.CC. The van der Waals surface area contributed by atoms with Crippen LogP contribution in [0.4, 0.5) is 0 Å². The summed E-state index contributed by atoms with van der Waals surface area (Å²) in [6.07, 6.45) is 3.53. The zero-order valence-electron chi connectivity index (χ0n) is 10.3. The molecular formula is C12H21IN2. The summed E-state index contributed by atoms with van der Waals surface area (Å²) in [5.41, 5.74) is 0.952. The Bertz CT molecular complexity index is 301. The van der Waals surface area contributed by atoms with Crippen molar-refractivity contribution >= 4 is 34.4 Å². The van der Waals surface area contributed by atoms with E-state index < -0.39 is 0 Å². The van der Waals surface area contributed by atoms with Gasteiger partial charge in [0.2, 0.25) is 0 Å². The molecule has 0 fully saturated rings. The molecule has 1 aromatic heterocycles. The summed E-state index contributed by atoms with van der Waals surface area (Å²) in [5, 5.41) is 0. The van der Waals surface area contributed by atoms with Gasteiger partial charge in [-0.15, -0.1) is 0 Å². The van der Waals surface area contributed by atoms with E-state index in [-0.39, 0.29) is 0 Å². The highest BCUT2D eigenvalue weighted by atomic mass is 127. The number of nitrogens with zero attached hydrogens (tertiary/aromatic N) is 2. The predicted molar refractivity (Wildman–Crippen MR) is 78.7 cm³/mol. The van der Waals surface area contributed by atoms with E-state index in [4.69, 9.17) is 0 Å². The second-order valence-corrected chi connectivity index (χ2v) is 3.34. The molecule has 0 aliphatic rings. The van der Waals surface area contributed by atoms with Gasteiger partial charge in [0.15, 0.2) is 0 Å². The zero-order chi connectivity index (χ0) is 12.4. The number of imidazole rings is 1. The zero-order valence-corrected chi connectivity index (χ0v) is 12.5. The molecule has 0 saturated carbocycles. The molecule has 0 aromatic carbocycles. The minimum atomic E-state index is 0.879. The lowest BCUT2D eigenvalue weighted by Gasteiger charge is -2.00. The van der Waals surface area contributed by atoms with Crippen molar-refractivity contribution in [1.29, 1.82) is 0 Å². The summed E-state index contributed by atoms with van der Waals surface area (Å²) in [4.78, 5) is 4.17. The molecule has 1 heterocycles. The van der Waals surface area contributed by atoms with Crippen molar-refractivity contribution in [1.82, 2.24) is 9.55 Å². The molecule has 1 rings (SSSR count). The molecule has 0 spiro atoms. The second kappa shape index (κ2) is 9.96. The topological polar surface area (TPSA) is 17.8 Å². The van der Waals surface area contributed by atoms with Crippen molar-refractivity contribution in [2.24, 2.45) is 0 Å². The Kier molecular flexibility index (Phi) is 11.2. The third-order valence-electron chi connectivity index (χ3n) is 1.32. The second-order valence-electron chi connectivity index (χ2n) is 2.24. The largest absolute Gasteiger partial charge is 0.295 e. The molecule has 0 radical (unpaired) electrons. The van der Waals surface area contributed by atoms with Crippen LogP contribution in [-0.4, -0.2) is 9.55 Å². The van der Waals surface area contributed by atoms with Crippen LogP contribution >= 0.6 is 22.6 Å². The van der Waals surface area contributed by atoms with Crippen molar-refractivity contribution in [2.45, 2.75) is 34.6 Å². The normalized spacial score (nSPS) is 7.87. The molecule has 0 aliphatic carbocycles. The summed E-state index contributed by atoms with van der Waals surface area (Å²) >= 11 is 2.20. The van der Waals surface area contributed by atoms with Crippen LogP contribution < -0.4 is 0 Å². The van der Waals surface area contributed by atoms with Gasteiger partial charge in [0.1, 0.15) is 9.53 Å². The minimum absolute atomic E-state index is 0.879. The van der Waals surface area contributed by atoms with E-state index in [0.717, 1.165) is 15.1 Å². The molecule has 0 bridgehead atoms. The van der Waals surface area contributed by atoms with Crippen molar-refractivity contribution in [3.63, 3.8) is 0 Å². The van der Waals surface area contributed by atoms with Crippen LogP contribution in [0.3, 0.4) is 0 Å². The fraction of sp³-hybridized carbons (Fsp3) is 0.417. The predicted octanol–water partition coefficient (Wildman–Crippen LogP) is 4.67. The van der Waals surface area contributed by atoms with Crippen molar-refractivity contribution < 1.29 is 0 Å². The molecule has 0 atom stereocenters. The maximum Gasteiger partial charge on any atom is 0.139 e. The Morgan fingerprint density at radius 1 is 1.40 bits per heavy atom. The summed E-state index contributed by atoms with van der Waals surface area (Å²) in [5.74, 6) is 0.879. The van der Waals surface area contributed by atoms with Gasteiger partial charge in [-0.05, 0) is 35.1 Å². The van der Waals surface area contributed by atoms with Gasteiger partial charge in [-0.25, -0.2) is 4.98 Å². The van der Waals surface area contributed by atoms with E-state index >= 15 is 0 Å². The first kappa shape index (κ1) is 16.8. The van der Waals surface area contributed by atoms with Crippen LogP contribution in [0.2, 0.25) is 0 Å². The van der Waals surface area contributed by atoms with Crippen molar-refractivity contribution in [3.05, 3.63) is 28.9 Å². The smallest absolute Gasteiger partial charge is 0.139 e. The van der Waals surface area contributed by atoms with E-state index in [1.54, 1.807) is 12.4 Å².